The first-order valence-corrected chi connectivity index (χ1v) is 10.1. The van der Waals surface area contributed by atoms with E-state index < -0.39 is 4.92 Å². The molecule has 9 heteroatoms. The van der Waals surface area contributed by atoms with Crippen LogP contribution in [0.15, 0.2) is 48.5 Å². The smallest absolute Gasteiger partial charge is 0.269 e. The van der Waals surface area contributed by atoms with Gasteiger partial charge >= 0.3 is 0 Å². The highest BCUT2D eigenvalue weighted by Crippen LogP contribution is 2.22. The van der Waals surface area contributed by atoms with E-state index in [-0.39, 0.29) is 18.2 Å². The van der Waals surface area contributed by atoms with Crippen molar-refractivity contribution in [3.63, 3.8) is 0 Å². The predicted octanol–water partition coefficient (Wildman–Crippen LogP) is 3.07. The van der Waals surface area contributed by atoms with Gasteiger partial charge in [0.1, 0.15) is 11.6 Å². The number of hydrogen-bond acceptors (Lipinski definition) is 7. The number of ether oxygens (including phenoxy) is 1. The molecular formula is C20H20N4O4S. The minimum Gasteiger partial charge on any atom is -0.368 e. The van der Waals surface area contributed by atoms with Crippen LogP contribution in [0, 0.1) is 10.1 Å². The van der Waals surface area contributed by atoms with Crippen molar-refractivity contribution in [2.75, 3.05) is 37.7 Å². The first-order chi connectivity index (χ1) is 14.1. The number of carbonyl (C=O) groups is 1. The monoisotopic (exact) mass is 412 g/mol. The SMILES string of the molecule is O=C(COCc1nc2ccccc2s1)N1CCN(c2ccc([N+](=O)[O-])cc2)CC1. The summed E-state index contributed by atoms with van der Waals surface area (Å²) < 4.78 is 6.70. The maximum absolute atomic E-state index is 12.4. The first-order valence-electron chi connectivity index (χ1n) is 9.29. The van der Waals surface area contributed by atoms with Crippen molar-refractivity contribution >= 4 is 38.8 Å². The Bertz CT molecular complexity index is 980. The van der Waals surface area contributed by atoms with Gasteiger partial charge in [0.15, 0.2) is 0 Å². The number of piperazine rings is 1. The van der Waals surface area contributed by atoms with Gasteiger partial charge in [-0.2, -0.15) is 0 Å². The van der Waals surface area contributed by atoms with Crippen LogP contribution in [0.1, 0.15) is 5.01 Å². The summed E-state index contributed by atoms with van der Waals surface area (Å²) in [5.74, 6) is -0.0329. The van der Waals surface area contributed by atoms with E-state index in [9.17, 15) is 14.9 Å². The Morgan fingerprint density at radius 1 is 1.10 bits per heavy atom. The van der Waals surface area contributed by atoms with Crippen molar-refractivity contribution in [1.29, 1.82) is 0 Å². The number of rotatable bonds is 6. The van der Waals surface area contributed by atoms with Gasteiger partial charge in [-0.1, -0.05) is 12.1 Å². The van der Waals surface area contributed by atoms with E-state index in [2.05, 4.69) is 9.88 Å². The van der Waals surface area contributed by atoms with Crippen LogP contribution in [0.5, 0.6) is 0 Å². The summed E-state index contributed by atoms with van der Waals surface area (Å²) in [6.45, 7) is 2.92. The third-order valence-electron chi connectivity index (χ3n) is 4.85. The average molecular weight is 412 g/mol. The molecule has 0 N–H and O–H groups in total. The number of amides is 1. The van der Waals surface area contributed by atoms with Gasteiger partial charge in [-0.25, -0.2) is 4.98 Å². The molecule has 1 amide bonds. The molecule has 29 heavy (non-hydrogen) atoms. The molecule has 0 unspecified atom stereocenters. The second-order valence-electron chi connectivity index (χ2n) is 6.71. The molecule has 0 bridgehead atoms. The van der Waals surface area contributed by atoms with Crippen molar-refractivity contribution in [2.24, 2.45) is 0 Å². The van der Waals surface area contributed by atoms with E-state index in [0.29, 0.717) is 32.8 Å². The molecule has 0 atom stereocenters. The van der Waals surface area contributed by atoms with Crippen molar-refractivity contribution in [2.45, 2.75) is 6.61 Å². The minimum absolute atomic E-state index is 0.0329. The maximum atomic E-state index is 12.4. The minimum atomic E-state index is -0.408. The van der Waals surface area contributed by atoms with Gasteiger partial charge < -0.3 is 14.5 Å². The molecule has 2 heterocycles. The standard InChI is InChI=1S/C20H20N4O4S/c25-20(14-28-13-19-21-17-3-1-2-4-18(17)29-19)23-11-9-22(10-12-23)15-5-7-16(8-6-15)24(26)27/h1-8H,9-14H2. The molecule has 0 saturated carbocycles. The number of nitro groups is 1. The number of aromatic nitrogens is 1. The van der Waals surface area contributed by atoms with Crippen molar-refractivity contribution in [1.82, 2.24) is 9.88 Å². The number of anilines is 1. The van der Waals surface area contributed by atoms with Gasteiger partial charge in [-0.15, -0.1) is 11.3 Å². The van der Waals surface area contributed by atoms with Gasteiger partial charge in [0.05, 0.1) is 21.7 Å². The molecule has 150 valence electrons. The lowest BCUT2D eigenvalue weighted by molar-refractivity contribution is -0.384. The molecule has 8 nitrogen and oxygen atoms in total. The molecule has 1 aromatic heterocycles. The molecule has 1 aliphatic rings. The van der Waals surface area contributed by atoms with Gasteiger partial charge in [0, 0.05) is 44.0 Å². The lowest BCUT2D eigenvalue weighted by Gasteiger charge is -2.36. The number of nitro benzene ring substituents is 1. The van der Waals surface area contributed by atoms with Crippen LogP contribution in [0.3, 0.4) is 0 Å². The largest absolute Gasteiger partial charge is 0.368 e. The lowest BCUT2D eigenvalue weighted by atomic mass is 10.2. The van der Waals surface area contributed by atoms with E-state index in [1.807, 2.05) is 24.3 Å². The molecule has 0 radical (unpaired) electrons. The third kappa shape index (κ3) is 4.52. The van der Waals surface area contributed by atoms with Crippen molar-refractivity contribution < 1.29 is 14.5 Å². The fourth-order valence-electron chi connectivity index (χ4n) is 3.30. The number of para-hydroxylation sites is 1. The van der Waals surface area contributed by atoms with E-state index in [4.69, 9.17) is 4.74 Å². The molecular weight excluding hydrogens is 392 g/mol. The number of nitrogens with zero attached hydrogens (tertiary/aromatic N) is 4. The molecule has 1 aliphatic heterocycles. The molecule has 1 fully saturated rings. The van der Waals surface area contributed by atoms with Crippen LogP contribution >= 0.6 is 11.3 Å². The van der Waals surface area contributed by atoms with Gasteiger partial charge in [-0.3, -0.25) is 14.9 Å². The van der Waals surface area contributed by atoms with Gasteiger partial charge in [-0.05, 0) is 24.3 Å². The Hall–Kier alpha value is -3.04. The summed E-state index contributed by atoms with van der Waals surface area (Å²) in [5.41, 5.74) is 1.95. The first kappa shape index (κ1) is 19.3. The molecule has 3 aromatic rings. The average Bonchev–Trinajstić information content (AvgIpc) is 3.16. The zero-order chi connectivity index (χ0) is 20.2. The lowest BCUT2D eigenvalue weighted by Crippen LogP contribution is -2.49. The number of hydrogen-bond donors (Lipinski definition) is 0. The fourth-order valence-corrected chi connectivity index (χ4v) is 4.20. The van der Waals surface area contributed by atoms with Gasteiger partial charge in [0.25, 0.3) is 5.69 Å². The number of benzene rings is 2. The predicted molar refractivity (Wildman–Crippen MR) is 111 cm³/mol. The second kappa shape index (κ2) is 8.54. The van der Waals surface area contributed by atoms with Crippen LogP contribution in [0.25, 0.3) is 10.2 Å². The summed E-state index contributed by atoms with van der Waals surface area (Å²) in [7, 11) is 0. The van der Waals surface area contributed by atoms with Crippen LogP contribution in [0.2, 0.25) is 0 Å². The van der Waals surface area contributed by atoms with Crippen molar-refractivity contribution in [3.8, 4) is 0 Å². The van der Waals surface area contributed by atoms with E-state index in [1.54, 1.807) is 28.4 Å². The highest BCUT2D eigenvalue weighted by atomic mass is 32.1. The maximum Gasteiger partial charge on any atom is 0.269 e. The number of carbonyl (C=O) groups excluding carboxylic acids is 1. The Kier molecular flexibility index (Phi) is 5.68. The third-order valence-corrected chi connectivity index (χ3v) is 5.86. The Morgan fingerprint density at radius 3 is 2.52 bits per heavy atom. The highest BCUT2D eigenvalue weighted by molar-refractivity contribution is 7.18. The molecule has 2 aromatic carbocycles. The van der Waals surface area contributed by atoms with Crippen molar-refractivity contribution in [3.05, 3.63) is 63.7 Å². The van der Waals surface area contributed by atoms with E-state index in [1.165, 1.54) is 12.1 Å². The van der Waals surface area contributed by atoms with Crippen LogP contribution in [-0.4, -0.2) is 53.5 Å². The Morgan fingerprint density at radius 2 is 1.83 bits per heavy atom. The topological polar surface area (TPSA) is 88.8 Å². The Labute approximate surface area is 171 Å². The van der Waals surface area contributed by atoms with Crippen LogP contribution in [0.4, 0.5) is 11.4 Å². The summed E-state index contributed by atoms with van der Waals surface area (Å²) in [4.78, 5) is 31.2. The zero-order valence-electron chi connectivity index (χ0n) is 15.7. The molecule has 4 rings (SSSR count). The highest BCUT2D eigenvalue weighted by Gasteiger charge is 2.21. The summed E-state index contributed by atoms with van der Waals surface area (Å²) in [6.07, 6.45) is 0. The molecule has 0 spiro atoms. The number of fused-ring (bicyclic) bond motifs is 1. The fraction of sp³-hybridized carbons (Fsp3) is 0.300. The van der Waals surface area contributed by atoms with Gasteiger partial charge in [0.2, 0.25) is 5.91 Å². The van der Waals surface area contributed by atoms with Crippen LogP contribution < -0.4 is 4.90 Å². The summed E-state index contributed by atoms with van der Waals surface area (Å²) >= 11 is 1.58. The van der Waals surface area contributed by atoms with E-state index >= 15 is 0 Å². The van der Waals surface area contributed by atoms with Crippen LogP contribution in [-0.2, 0) is 16.1 Å². The Balaban J connectivity index is 1.24. The zero-order valence-corrected chi connectivity index (χ0v) is 16.5. The quantitative estimate of drug-likeness (QED) is 0.457. The molecule has 0 aliphatic carbocycles. The summed E-state index contributed by atoms with van der Waals surface area (Å²) in [6, 6.07) is 14.4. The normalized spacial score (nSPS) is 14.3. The second-order valence-corrected chi connectivity index (χ2v) is 7.82. The molecule has 1 saturated heterocycles. The summed E-state index contributed by atoms with van der Waals surface area (Å²) in [5, 5.41) is 11.6. The van der Waals surface area contributed by atoms with E-state index in [0.717, 1.165) is 20.9 Å². The number of non-ortho nitro benzene ring substituents is 1. The number of thiazole rings is 1.